The van der Waals surface area contributed by atoms with Crippen LogP contribution in [0.3, 0.4) is 0 Å². The molecule has 0 spiro atoms. The van der Waals surface area contributed by atoms with E-state index in [1.807, 2.05) is 0 Å². The molecule has 1 aliphatic rings. The molecule has 0 radical (unpaired) electrons. The second-order valence-electron chi connectivity index (χ2n) is 5.24. The Hall–Kier alpha value is -2.68. The van der Waals surface area contributed by atoms with Gasteiger partial charge < -0.3 is 23.8 Å². The van der Waals surface area contributed by atoms with Crippen LogP contribution in [0, 0.1) is 0 Å². The molecule has 2 rings (SSSR count). The van der Waals surface area contributed by atoms with Gasteiger partial charge in [0, 0.05) is 0 Å². The lowest BCUT2D eigenvalue weighted by Gasteiger charge is -2.17. The molecule has 27 heavy (non-hydrogen) atoms. The number of thioether (sulfide) groups is 1. The molecule has 0 aromatic heterocycles. The van der Waals surface area contributed by atoms with Crippen molar-refractivity contribution in [1.82, 2.24) is 4.90 Å². The minimum atomic E-state index is -0.625. The highest BCUT2D eigenvalue weighted by Gasteiger charge is 2.28. The highest BCUT2D eigenvalue weighted by Crippen LogP contribution is 2.30. The first kappa shape index (κ1) is 20.6. The van der Waals surface area contributed by atoms with Crippen LogP contribution in [0.4, 0.5) is 0 Å². The highest BCUT2D eigenvalue weighted by atomic mass is 32.2. The Kier molecular flexibility index (Phi) is 7.54. The molecule has 1 aromatic carbocycles. The molecule has 1 fully saturated rings. The van der Waals surface area contributed by atoms with Gasteiger partial charge in [-0.2, -0.15) is 0 Å². The second-order valence-corrected chi connectivity index (χ2v) is 6.24. The summed E-state index contributed by atoms with van der Waals surface area (Å²) in [5, 5.41) is 0.476. The van der Waals surface area contributed by atoms with Gasteiger partial charge in [-0.05, 0) is 19.1 Å². The zero-order valence-electron chi connectivity index (χ0n) is 15.4. The molecule has 0 N–H and O–H groups in total. The lowest BCUT2D eigenvalue weighted by molar-refractivity contribution is -0.137. The van der Waals surface area contributed by atoms with Gasteiger partial charge in [-0.1, -0.05) is 17.8 Å². The van der Waals surface area contributed by atoms with Crippen molar-refractivity contribution in [2.75, 3.05) is 39.7 Å². The number of hydrogen-bond acceptors (Lipinski definition) is 8. The van der Waals surface area contributed by atoms with Crippen molar-refractivity contribution in [2.24, 2.45) is 0 Å². The van der Waals surface area contributed by atoms with E-state index in [0.29, 0.717) is 16.5 Å². The average Bonchev–Trinajstić information content (AvgIpc) is 3.00. The SMILES string of the molecule is CCOC(=O)C=C1SCC(=O)N1CCOC(=O)c1c(OC)cccc1OC. The summed E-state index contributed by atoms with van der Waals surface area (Å²) in [6.07, 6.45) is 1.27. The summed E-state index contributed by atoms with van der Waals surface area (Å²) >= 11 is 1.24. The first-order valence-corrected chi connectivity index (χ1v) is 9.20. The average molecular weight is 395 g/mol. The van der Waals surface area contributed by atoms with E-state index in [1.165, 1.54) is 37.0 Å². The Morgan fingerprint density at radius 1 is 1.19 bits per heavy atom. The van der Waals surface area contributed by atoms with Gasteiger partial charge >= 0.3 is 11.9 Å². The molecule has 0 saturated carbocycles. The third-order valence-corrected chi connectivity index (χ3v) is 4.64. The number of nitrogens with zero attached hydrogens (tertiary/aromatic N) is 1. The molecule has 1 amide bonds. The summed E-state index contributed by atoms with van der Waals surface area (Å²) in [7, 11) is 2.89. The fraction of sp³-hybridized carbons (Fsp3) is 0.389. The van der Waals surface area contributed by atoms with E-state index < -0.39 is 11.9 Å². The van der Waals surface area contributed by atoms with Crippen LogP contribution in [0.15, 0.2) is 29.3 Å². The minimum Gasteiger partial charge on any atom is -0.496 e. The normalized spacial score (nSPS) is 15.0. The van der Waals surface area contributed by atoms with Gasteiger partial charge in [0.2, 0.25) is 5.91 Å². The molecule has 9 heteroatoms. The number of hydrogen-bond donors (Lipinski definition) is 0. The summed E-state index contributed by atoms with van der Waals surface area (Å²) in [4.78, 5) is 37.4. The van der Waals surface area contributed by atoms with Gasteiger partial charge in [0.1, 0.15) is 23.7 Å². The van der Waals surface area contributed by atoms with E-state index in [-0.39, 0.29) is 37.0 Å². The van der Waals surface area contributed by atoms with Crippen LogP contribution < -0.4 is 9.47 Å². The van der Waals surface area contributed by atoms with Crippen LogP contribution in [0.2, 0.25) is 0 Å². The van der Waals surface area contributed by atoms with Crippen molar-refractivity contribution in [3.05, 3.63) is 34.9 Å². The Labute approximate surface area is 161 Å². The highest BCUT2D eigenvalue weighted by molar-refractivity contribution is 8.04. The number of carbonyl (C=O) groups is 3. The van der Waals surface area contributed by atoms with Crippen molar-refractivity contribution in [2.45, 2.75) is 6.92 Å². The maximum atomic E-state index is 12.4. The van der Waals surface area contributed by atoms with Gasteiger partial charge in [-0.25, -0.2) is 9.59 Å². The van der Waals surface area contributed by atoms with Crippen LogP contribution >= 0.6 is 11.8 Å². The van der Waals surface area contributed by atoms with Gasteiger partial charge in [0.25, 0.3) is 0 Å². The minimum absolute atomic E-state index is 0.0491. The van der Waals surface area contributed by atoms with Gasteiger partial charge in [0.15, 0.2) is 0 Å². The largest absolute Gasteiger partial charge is 0.496 e. The predicted molar refractivity (Wildman–Crippen MR) is 98.7 cm³/mol. The van der Waals surface area contributed by atoms with Gasteiger partial charge in [-0.3, -0.25) is 4.79 Å². The molecule has 0 aliphatic carbocycles. The molecule has 0 unspecified atom stereocenters. The predicted octanol–water partition coefficient (Wildman–Crippen LogP) is 1.84. The Morgan fingerprint density at radius 2 is 1.85 bits per heavy atom. The van der Waals surface area contributed by atoms with Crippen LogP contribution in [-0.4, -0.2) is 62.5 Å². The number of methoxy groups -OCH3 is 2. The van der Waals surface area contributed by atoms with Crippen molar-refractivity contribution >= 4 is 29.6 Å². The fourth-order valence-electron chi connectivity index (χ4n) is 2.41. The van der Waals surface area contributed by atoms with E-state index in [9.17, 15) is 14.4 Å². The third-order valence-electron chi connectivity index (χ3n) is 3.62. The van der Waals surface area contributed by atoms with E-state index in [2.05, 4.69) is 0 Å². The molecule has 1 saturated heterocycles. The zero-order valence-corrected chi connectivity index (χ0v) is 16.2. The summed E-state index contributed by atoms with van der Waals surface area (Å²) < 4.78 is 20.5. The lowest BCUT2D eigenvalue weighted by Crippen LogP contribution is -2.29. The van der Waals surface area contributed by atoms with Gasteiger partial charge in [-0.15, -0.1) is 0 Å². The van der Waals surface area contributed by atoms with Crippen molar-refractivity contribution in [3.8, 4) is 11.5 Å². The Balaban J connectivity index is 2.02. The Bertz CT molecular complexity index is 725. The molecule has 0 bridgehead atoms. The zero-order chi connectivity index (χ0) is 19.8. The smallest absolute Gasteiger partial charge is 0.345 e. The van der Waals surface area contributed by atoms with Crippen LogP contribution in [-0.2, 0) is 19.1 Å². The Morgan fingerprint density at radius 3 is 2.44 bits per heavy atom. The standard InChI is InChI=1S/C18H21NO7S/c1-4-25-16(21)10-15-19(14(20)11-27-15)8-9-26-18(22)17-12(23-2)6-5-7-13(17)24-3/h5-7,10H,4,8-9,11H2,1-3H3. The molecule has 0 atom stereocenters. The first-order chi connectivity index (χ1) is 13.0. The molecule has 1 heterocycles. The monoisotopic (exact) mass is 395 g/mol. The summed E-state index contributed by atoms with van der Waals surface area (Å²) in [6.45, 7) is 2.03. The first-order valence-electron chi connectivity index (χ1n) is 8.21. The maximum Gasteiger partial charge on any atom is 0.345 e. The second kappa shape index (κ2) is 9.86. The number of benzene rings is 1. The van der Waals surface area contributed by atoms with Crippen molar-refractivity contribution in [1.29, 1.82) is 0 Å². The molecule has 146 valence electrons. The molecule has 1 aliphatic heterocycles. The third kappa shape index (κ3) is 5.16. The lowest BCUT2D eigenvalue weighted by atomic mass is 10.2. The number of carbonyl (C=O) groups excluding carboxylic acids is 3. The van der Waals surface area contributed by atoms with Gasteiger partial charge in [0.05, 0.1) is 44.2 Å². The number of rotatable bonds is 8. The van der Waals surface area contributed by atoms with Crippen molar-refractivity contribution in [3.63, 3.8) is 0 Å². The molecule has 8 nitrogen and oxygen atoms in total. The van der Waals surface area contributed by atoms with Crippen LogP contribution in [0.1, 0.15) is 17.3 Å². The summed E-state index contributed by atoms with van der Waals surface area (Å²) in [5.74, 6) is -0.430. The maximum absolute atomic E-state index is 12.4. The van der Waals surface area contributed by atoms with E-state index in [4.69, 9.17) is 18.9 Å². The van der Waals surface area contributed by atoms with E-state index in [1.54, 1.807) is 25.1 Å². The molecular formula is C18H21NO7S. The number of ether oxygens (including phenoxy) is 4. The molecule has 1 aromatic rings. The quantitative estimate of drug-likeness (QED) is 0.486. The van der Waals surface area contributed by atoms with E-state index in [0.717, 1.165) is 0 Å². The van der Waals surface area contributed by atoms with E-state index >= 15 is 0 Å². The van der Waals surface area contributed by atoms with Crippen molar-refractivity contribution < 1.29 is 33.3 Å². The number of amides is 1. The van der Waals surface area contributed by atoms with Crippen LogP contribution in [0.25, 0.3) is 0 Å². The summed E-state index contributed by atoms with van der Waals surface area (Å²) in [5.41, 5.74) is 0.173. The number of esters is 2. The fourth-order valence-corrected chi connectivity index (χ4v) is 3.36. The molecular weight excluding hydrogens is 374 g/mol. The topological polar surface area (TPSA) is 91.4 Å². The summed E-state index contributed by atoms with van der Waals surface area (Å²) in [6, 6.07) is 4.95. The van der Waals surface area contributed by atoms with Crippen LogP contribution in [0.5, 0.6) is 11.5 Å².